The fraction of sp³-hybridized carbons (Fsp3) is 0.300. The number of aryl methyl sites for hydroxylation is 3. The molecule has 0 saturated carbocycles. The number of carbonyl (C=O) groups is 2. The van der Waals surface area contributed by atoms with Crippen molar-refractivity contribution in [3.05, 3.63) is 59.2 Å². The van der Waals surface area contributed by atoms with Gasteiger partial charge in [-0.2, -0.15) is 0 Å². The van der Waals surface area contributed by atoms with Crippen LogP contribution in [-0.4, -0.2) is 32.6 Å². The molecule has 28 heavy (non-hydrogen) atoms. The van der Waals surface area contributed by atoms with Crippen molar-refractivity contribution in [1.82, 2.24) is 10.9 Å². The molecule has 2 aromatic carbocycles. The molecule has 0 aromatic heterocycles. The number of hydrogen-bond acceptors (Lipinski definition) is 5. The largest absolute Gasteiger partial charge is 0.483 e. The van der Waals surface area contributed by atoms with Crippen molar-refractivity contribution < 1.29 is 22.7 Å². The molecule has 0 spiro atoms. The van der Waals surface area contributed by atoms with Crippen molar-refractivity contribution in [2.24, 2.45) is 0 Å². The third-order valence-corrected chi connectivity index (χ3v) is 5.75. The maximum Gasteiger partial charge on any atom is 0.276 e. The van der Waals surface area contributed by atoms with E-state index in [-0.39, 0.29) is 23.7 Å². The van der Waals surface area contributed by atoms with Gasteiger partial charge in [-0.15, -0.1) is 0 Å². The Labute approximate surface area is 165 Å². The summed E-state index contributed by atoms with van der Waals surface area (Å²) in [4.78, 5) is 23.8. The molecule has 0 aliphatic heterocycles. The van der Waals surface area contributed by atoms with E-state index in [1.165, 1.54) is 12.1 Å². The average Bonchev–Trinajstić information content (AvgIpc) is 2.66. The predicted molar refractivity (Wildman–Crippen MR) is 106 cm³/mol. The molecule has 2 rings (SSSR count). The minimum atomic E-state index is -3.56. The van der Waals surface area contributed by atoms with Crippen LogP contribution >= 0.6 is 0 Å². The zero-order chi connectivity index (χ0) is 20.7. The Kier molecular flexibility index (Phi) is 7.17. The Hall–Kier alpha value is -2.87. The molecule has 150 valence electrons. The highest BCUT2D eigenvalue weighted by Crippen LogP contribution is 2.18. The lowest BCUT2D eigenvalue weighted by molar-refractivity contribution is -0.129. The molecule has 0 atom stereocenters. The maximum absolute atomic E-state index is 12.2. The first-order valence-electron chi connectivity index (χ1n) is 8.74. The molecule has 0 aliphatic rings. The van der Waals surface area contributed by atoms with Crippen LogP contribution in [0.5, 0.6) is 5.75 Å². The third kappa shape index (κ3) is 6.38. The number of rotatable bonds is 7. The van der Waals surface area contributed by atoms with Crippen LogP contribution in [0.4, 0.5) is 0 Å². The SMILES string of the molecule is Cc1ccc(S(=O)(=O)CCC(=O)NNC(=O)COc2cc(C)ccc2C)cc1. The third-order valence-electron chi connectivity index (χ3n) is 4.02. The number of sulfone groups is 1. The van der Waals surface area contributed by atoms with Gasteiger partial charge >= 0.3 is 0 Å². The topological polar surface area (TPSA) is 102 Å². The number of hydrazine groups is 1. The smallest absolute Gasteiger partial charge is 0.276 e. The Bertz CT molecular complexity index is 953. The van der Waals surface area contributed by atoms with Gasteiger partial charge in [-0.1, -0.05) is 29.8 Å². The molecule has 0 saturated heterocycles. The number of benzene rings is 2. The van der Waals surface area contributed by atoms with Gasteiger partial charge in [0.1, 0.15) is 5.75 Å². The summed E-state index contributed by atoms with van der Waals surface area (Å²) in [7, 11) is -3.56. The Morgan fingerprint density at radius 1 is 0.893 bits per heavy atom. The molecule has 2 aromatic rings. The van der Waals surface area contributed by atoms with Gasteiger partial charge in [0, 0.05) is 6.42 Å². The first kappa shape index (κ1) is 21.4. The van der Waals surface area contributed by atoms with Gasteiger partial charge in [-0.25, -0.2) is 8.42 Å². The van der Waals surface area contributed by atoms with E-state index in [4.69, 9.17) is 4.74 Å². The zero-order valence-electron chi connectivity index (χ0n) is 16.1. The Morgan fingerprint density at radius 2 is 1.50 bits per heavy atom. The van der Waals surface area contributed by atoms with Crippen LogP contribution in [0.15, 0.2) is 47.4 Å². The molecule has 8 heteroatoms. The highest BCUT2D eigenvalue weighted by Gasteiger charge is 2.16. The van der Waals surface area contributed by atoms with Gasteiger partial charge < -0.3 is 4.74 Å². The molecule has 2 N–H and O–H groups in total. The highest BCUT2D eigenvalue weighted by molar-refractivity contribution is 7.91. The van der Waals surface area contributed by atoms with E-state index >= 15 is 0 Å². The number of amides is 2. The zero-order valence-corrected chi connectivity index (χ0v) is 16.9. The lowest BCUT2D eigenvalue weighted by Gasteiger charge is -2.11. The Balaban J connectivity index is 1.76. The summed E-state index contributed by atoms with van der Waals surface area (Å²) >= 11 is 0. The quantitative estimate of drug-likeness (QED) is 0.688. The van der Waals surface area contributed by atoms with Crippen LogP contribution in [0.25, 0.3) is 0 Å². The van der Waals surface area contributed by atoms with Crippen molar-refractivity contribution in [2.75, 3.05) is 12.4 Å². The lowest BCUT2D eigenvalue weighted by Crippen LogP contribution is -2.44. The van der Waals surface area contributed by atoms with Gasteiger partial charge in [0.05, 0.1) is 10.6 Å². The second-order valence-corrected chi connectivity index (χ2v) is 8.65. The van der Waals surface area contributed by atoms with Crippen molar-refractivity contribution in [3.8, 4) is 5.75 Å². The summed E-state index contributed by atoms with van der Waals surface area (Å²) in [6.07, 6.45) is -0.270. The van der Waals surface area contributed by atoms with E-state index in [2.05, 4.69) is 10.9 Å². The molecule has 7 nitrogen and oxygen atoms in total. The van der Waals surface area contributed by atoms with Crippen molar-refractivity contribution >= 4 is 21.7 Å². The normalized spacial score (nSPS) is 11.0. The van der Waals surface area contributed by atoms with Crippen LogP contribution in [0.2, 0.25) is 0 Å². The first-order chi connectivity index (χ1) is 13.2. The molecular formula is C20H24N2O5S. The van der Waals surface area contributed by atoms with Crippen LogP contribution in [0.1, 0.15) is 23.1 Å². The molecule has 0 bridgehead atoms. The van der Waals surface area contributed by atoms with E-state index in [0.29, 0.717) is 5.75 Å². The molecule has 0 heterocycles. The standard InChI is InChI=1S/C20H24N2O5S/c1-14-5-8-17(9-6-14)28(25,26)11-10-19(23)21-22-20(24)13-27-18-12-15(2)4-7-16(18)3/h4-9,12H,10-11,13H2,1-3H3,(H,21,23)(H,22,24). The predicted octanol–water partition coefficient (Wildman–Crippen LogP) is 2.00. The lowest BCUT2D eigenvalue weighted by atomic mass is 10.1. The molecule has 0 unspecified atom stereocenters. The highest BCUT2D eigenvalue weighted by atomic mass is 32.2. The number of ether oxygens (including phenoxy) is 1. The second-order valence-electron chi connectivity index (χ2n) is 6.54. The van der Waals surface area contributed by atoms with E-state index in [1.807, 2.05) is 39.0 Å². The van der Waals surface area contributed by atoms with E-state index in [1.54, 1.807) is 12.1 Å². The molecule has 0 radical (unpaired) electrons. The number of carbonyl (C=O) groups excluding carboxylic acids is 2. The maximum atomic E-state index is 12.2. The fourth-order valence-corrected chi connectivity index (χ4v) is 3.58. The Morgan fingerprint density at radius 3 is 2.18 bits per heavy atom. The molecule has 2 amide bonds. The van der Waals surface area contributed by atoms with Crippen LogP contribution in [-0.2, 0) is 19.4 Å². The molecular weight excluding hydrogens is 380 g/mol. The first-order valence-corrected chi connectivity index (χ1v) is 10.4. The molecule has 0 fully saturated rings. The van der Waals surface area contributed by atoms with Crippen LogP contribution in [0, 0.1) is 20.8 Å². The van der Waals surface area contributed by atoms with Gasteiger partial charge in [0.2, 0.25) is 5.91 Å². The minimum absolute atomic E-state index is 0.164. The number of nitrogens with one attached hydrogen (secondary N) is 2. The average molecular weight is 404 g/mol. The van der Waals surface area contributed by atoms with Crippen molar-refractivity contribution in [1.29, 1.82) is 0 Å². The summed E-state index contributed by atoms with van der Waals surface area (Å²) in [5.41, 5.74) is 7.25. The molecule has 0 aliphatic carbocycles. The van der Waals surface area contributed by atoms with Crippen LogP contribution < -0.4 is 15.6 Å². The van der Waals surface area contributed by atoms with E-state index in [9.17, 15) is 18.0 Å². The van der Waals surface area contributed by atoms with Gasteiger partial charge in [0.25, 0.3) is 5.91 Å². The summed E-state index contributed by atoms with van der Waals surface area (Å²) in [5, 5.41) is 0. The van der Waals surface area contributed by atoms with Gasteiger partial charge in [-0.05, 0) is 50.1 Å². The minimum Gasteiger partial charge on any atom is -0.483 e. The van der Waals surface area contributed by atoms with Crippen molar-refractivity contribution in [2.45, 2.75) is 32.1 Å². The van der Waals surface area contributed by atoms with E-state index < -0.39 is 21.7 Å². The van der Waals surface area contributed by atoms with Crippen molar-refractivity contribution in [3.63, 3.8) is 0 Å². The summed E-state index contributed by atoms with van der Waals surface area (Å²) in [6.45, 7) is 5.36. The van der Waals surface area contributed by atoms with E-state index in [0.717, 1.165) is 16.7 Å². The fourth-order valence-electron chi connectivity index (χ4n) is 2.33. The number of hydrogen-bond donors (Lipinski definition) is 2. The monoisotopic (exact) mass is 404 g/mol. The summed E-state index contributed by atoms with van der Waals surface area (Å²) in [6, 6.07) is 12.1. The van der Waals surface area contributed by atoms with Gasteiger partial charge in [0.15, 0.2) is 16.4 Å². The summed E-state index contributed by atoms with van der Waals surface area (Å²) < 4.78 is 29.9. The second kappa shape index (κ2) is 9.36. The summed E-state index contributed by atoms with van der Waals surface area (Å²) in [5.74, 6) is -0.909. The van der Waals surface area contributed by atoms with Crippen LogP contribution in [0.3, 0.4) is 0 Å². The van der Waals surface area contributed by atoms with Gasteiger partial charge in [-0.3, -0.25) is 20.4 Å².